The van der Waals surface area contributed by atoms with Crippen molar-refractivity contribution in [3.05, 3.63) is 190 Å². The Morgan fingerprint density at radius 3 is 0.971 bits per heavy atom. The first-order valence-electron chi connectivity index (χ1n) is 20.1. The van der Waals surface area contributed by atoms with Crippen molar-refractivity contribution < 1.29 is 54.3 Å². The number of rotatable bonds is 10. The summed E-state index contributed by atoms with van der Waals surface area (Å²) in [6, 6.07) is 26.4. The molecular weight excluding hydrogens is 901 g/mol. The molecule has 0 radical (unpaired) electrons. The molecule has 68 heavy (non-hydrogen) atoms. The minimum Gasteiger partial charge on any atom is -0.399 e. The molecule has 0 bridgehead atoms. The van der Waals surface area contributed by atoms with Crippen molar-refractivity contribution in [2.45, 2.75) is 26.2 Å². The summed E-state index contributed by atoms with van der Waals surface area (Å²) in [7, 11) is 0. The van der Waals surface area contributed by atoms with Gasteiger partial charge in [0.15, 0.2) is 0 Å². The number of benzene rings is 7. The maximum atomic E-state index is 14.5. The Labute approximate surface area is 382 Å². The van der Waals surface area contributed by atoms with Crippen LogP contribution in [0.25, 0.3) is 22.3 Å². The number of halogens is 8. The molecule has 7 rings (SSSR count). The number of nitrogens with two attached hydrogens (primary N) is 2. The Morgan fingerprint density at radius 2 is 0.676 bits per heavy atom. The zero-order valence-electron chi connectivity index (χ0n) is 35.5. The summed E-state index contributed by atoms with van der Waals surface area (Å²) in [5, 5.41) is 9.98. The number of carbonyl (C=O) groups excluding carboxylic acids is 4. The number of anilines is 6. The predicted octanol–water partition coefficient (Wildman–Crippen LogP) is 12.1. The molecule has 0 unspecified atom stereocenters. The second kappa shape index (κ2) is 18.7. The summed E-state index contributed by atoms with van der Waals surface area (Å²) < 4.78 is 114. The second-order valence-electron chi connectivity index (χ2n) is 15.5. The summed E-state index contributed by atoms with van der Waals surface area (Å²) in [5.41, 5.74) is 9.58. The third-order valence-electron chi connectivity index (χ3n) is 10.5. The number of nitrogens with one attached hydrogen (secondary N) is 4. The summed E-state index contributed by atoms with van der Waals surface area (Å²) in [5.74, 6) is -4.51. The molecule has 0 atom stereocenters. The molecule has 7 aromatic carbocycles. The summed E-state index contributed by atoms with van der Waals surface area (Å²) >= 11 is 0. The van der Waals surface area contributed by atoms with Crippen molar-refractivity contribution in [3.8, 4) is 22.3 Å². The molecule has 0 heterocycles. The van der Waals surface area contributed by atoms with Crippen LogP contribution in [0.3, 0.4) is 0 Å². The third-order valence-corrected chi connectivity index (χ3v) is 10.5. The van der Waals surface area contributed by atoms with Crippen LogP contribution in [0.2, 0.25) is 0 Å². The van der Waals surface area contributed by atoms with Gasteiger partial charge in [-0.2, -0.15) is 26.3 Å². The molecule has 4 amide bonds. The number of nitrogen functional groups attached to an aromatic ring is 2. The highest BCUT2D eigenvalue weighted by molar-refractivity contribution is 6.08. The van der Waals surface area contributed by atoms with Crippen LogP contribution >= 0.6 is 0 Å². The average molecular weight is 937 g/mol. The average Bonchev–Trinajstić information content (AvgIpc) is 3.25. The summed E-state index contributed by atoms with van der Waals surface area (Å²) in [4.78, 5) is 51.7. The van der Waals surface area contributed by atoms with Gasteiger partial charge in [0.1, 0.15) is 11.6 Å². The molecule has 7 aromatic rings. The molecule has 0 saturated heterocycles. The summed E-state index contributed by atoms with van der Waals surface area (Å²) in [6.45, 7) is 3.08. The first-order chi connectivity index (χ1) is 32.0. The van der Waals surface area contributed by atoms with Crippen molar-refractivity contribution in [1.29, 1.82) is 0 Å². The van der Waals surface area contributed by atoms with Crippen molar-refractivity contribution in [2.75, 3.05) is 32.7 Å². The Hall–Kier alpha value is -8.54. The van der Waals surface area contributed by atoms with Crippen LogP contribution in [0.5, 0.6) is 0 Å². The van der Waals surface area contributed by atoms with Crippen LogP contribution in [0.4, 0.5) is 69.2 Å². The van der Waals surface area contributed by atoms with E-state index in [9.17, 15) is 54.3 Å². The topological polar surface area (TPSA) is 168 Å². The van der Waals surface area contributed by atoms with E-state index in [0.29, 0.717) is 11.1 Å². The molecule has 0 aliphatic rings. The standard InChI is InChI=1S/C50H36F8N6O4/c1-25-15-35(7-11-39(25)42-14-10-38(24-44(42)50(56,57)58)64-48(68)30-18-32(52)22-34(60)20-30)61-45(65)27-3-5-28(6-4-27)46(66)63-37-9-13-41(43(23-37)49(53,54)55)40-12-8-36(16-26(40)2)62-47(67)29-17-31(51)21-33(59)19-29/h3-24H,59-60H2,1-2H3,(H,61,65)(H,62,67)(H,63,66)(H,64,68). The van der Waals surface area contributed by atoms with Gasteiger partial charge in [0.2, 0.25) is 0 Å². The minimum atomic E-state index is -4.86. The molecular formula is C50H36F8N6O4. The van der Waals surface area contributed by atoms with E-state index in [1.54, 1.807) is 6.92 Å². The third kappa shape index (κ3) is 10.9. The fraction of sp³-hybridized carbons (Fsp3) is 0.0800. The molecule has 0 aliphatic carbocycles. The molecule has 0 fully saturated rings. The maximum Gasteiger partial charge on any atom is 0.417 e. The van der Waals surface area contributed by atoms with E-state index < -0.39 is 58.7 Å². The highest BCUT2D eigenvalue weighted by Crippen LogP contribution is 2.42. The van der Waals surface area contributed by atoms with Crippen LogP contribution in [0.1, 0.15) is 63.7 Å². The zero-order valence-corrected chi connectivity index (χ0v) is 35.5. The lowest BCUT2D eigenvalue weighted by molar-refractivity contribution is -0.137. The van der Waals surface area contributed by atoms with Gasteiger partial charge in [-0.1, -0.05) is 24.3 Å². The highest BCUT2D eigenvalue weighted by Gasteiger charge is 2.36. The lowest BCUT2D eigenvalue weighted by atomic mass is 9.94. The first kappa shape index (κ1) is 47.4. The Morgan fingerprint density at radius 1 is 0.382 bits per heavy atom. The maximum absolute atomic E-state index is 14.5. The monoisotopic (exact) mass is 936 g/mol. The van der Waals surface area contributed by atoms with Gasteiger partial charge in [0.05, 0.1) is 11.1 Å². The minimum absolute atomic E-state index is 0.00138. The van der Waals surface area contributed by atoms with Gasteiger partial charge in [0, 0.05) is 56.4 Å². The number of alkyl halides is 6. The molecule has 10 nitrogen and oxygen atoms in total. The van der Waals surface area contributed by atoms with Gasteiger partial charge in [-0.3, -0.25) is 19.2 Å². The van der Waals surface area contributed by atoms with Gasteiger partial charge >= 0.3 is 12.4 Å². The van der Waals surface area contributed by atoms with Crippen molar-refractivity contribution >= 4 is 57.8 Å². The van der Waals surface area contributed by atoms with Gasteiger partial charge in [0.25, 0.3) is 23.6 Å². The van der Waals surface area contributed by atoms with E-state index in [1.165, 1.54) is 104 Å². The second-order valence-corrected chi connectivity index (χ2v) is 15.5. The molecule has 0 aromatic heterocycles. The SMILES string of the molecule is Cc1cc(NC(=O)c2cc(N)cc(F)c2)ccc1-c1ccc(NC(=O)c2ccc(C(=O)Nc3ccc(-c4ccc(NC(=O)c5cc(N)cc(F)c5)cc4C(F)(F)F)c(C)c3)cc2)cc1C(F)(F)F. The van der Waals surface area contributed by atoms with Gasteiger partial charge in [-0.25, -0.2) is 8.78 Å². The van der Waals surface area contributed by atoms with Crippen LogP contribution in [-0.4, -0.2) is 23.6 Å². The van der Waals surface area contributed by atoms with E-state index >= 15 is 0 Å². The number of hydrogen-bond acceptors (Lipinski definition) is 6. The van der Waals surface area contributed by atoms with Crippen LogP contribution in [0, 0.1) is 25.5 Å². The smallest absolute Gasteiger partial charge is 0.399 e. The van der Waals surface area contributed by atoms with E-state index in [0.717, 1.165) is 36.4 Å². The first-order valence-corrected chi connectivity index (χ1v) is 20.1. The van der Waals surface area contributed by atoms with Crippen molar-refractivity contribution in [2.24, 2.45) is 0 Å². The number of carbonyl (C=O) groups is 4. The molecule has 346 valence electrons. The largest absolute Gasteiger partial charge is 0.417 e. The zero-order chi connectivity index (χ0) is 49.2. The normalized spacial score (nSPS) is 11.4. The van der Waals surface area contributed by atoms with E-state index in [4.69, 9.17) is 11.5 Å². The number of hydrogen-bond donors (Lipinski definition) is 6. The van der Waals surface area contributed by atoms with E-state index in [-0.39, 0.29) is 78.6 Å². The summed E-state index contributed by atoms with van der Waals surface area (Å²) in [6.07, 6.45) is -9.72. The molecule has 0 aliphatic heterocycles. The number of amides is 4. The van der Waals surface area contributed by atoms with Crippen molar-refractivity contribution in [3.63, 3.8) is 0 Å². The van der Waals surface area contributed by atoms with Gasteiger partial charge in [-0.05, 0) is 156 Å². The quantitative estimate of drug-likeness (QED) is 0.0589. The van der Waals surface area contributed by atoms with E-state index in [2.05, 4.69) is 21.3 Å². The van der Waals surface area contributed by atoms with Crippen molar-refractivity contribution in [1.82, 2.24) is 0 Å². The highest BCUT2D eigenvalue weighted by atomic mass is 19.4. The molecule has 0 spiro atoms. The van der Waals surface area contributed by atoms with Gasteiger partial charge < -0.3 is 32.7 Å². The van der Waals surface area contributed by atoms with Gasteiger partial charge in [-0.15, -0.1) is 0 Å². The number of aryl methyl sites for hydroxylation is 2. The Kier molecular flexibility index (Phi) is 13.1. The van der Waals surface area contributed by atoms with E-state index in [1.807, 2.05) is 0 Å². The lowest BCUT2D eigenvalue weighted by Crippen LogP contribution is -2.15. The Bertz CT molecular complexity index is 3110. The Balaban J connectivity index is 1.01. The van der Waals surface area contributed by atoms with Crippen LogP contribution in [-0.2, 0) is 12.4 Å². The fourth-order valence-electron chi connectivity index (χ4n) is 7.34. The lowest BCUT2D eigenvalue weighted by Gasteiger charge is -2.18. The van der Waals surface area contributed by atoms with Crippen LogP contribution in [0.15, 0.2) is 133 Å². The predicted molar refractivity (Wildman–Crippen MR) is 243 cm³/mol. The molecule has 0 saturated carbocycles. The fourth-order valence-corrected chi connectivity index (χ4v) is 7.34. The molecule has 18 heteroatoms. The van der Waals surface area contributed by atoms with Crippen LogP contribution < -0.4 is 32.7 Å². The molecule has 8 N–H and O–H groups in total.